The molecular formula is C12H12O5. The fourth-order valence-electron chi connectivity index (χ4n) is 2.22. The van der Waals surface area contributed by atoms with Crippen LogP contribution in [0.2, 0.25) is 0 Å². The number of aromatic hydroxyl groups is 1. The molecule has 2 aliphatic rings. The zero-order valence-corrected chi connectivity index (χ0v) is 9.10. The van der Waals surface area contributed by atoms with Crippen molar-refractivity contribution in [3.8, 4) is 17.2 Å². The molecule has 90 valence electrons. The maximum Gasteiger partial charge on any atom is 0.314 e. The number of phenolic OH excluding ortho intramolecular Hbond substituents is 1. The van der Waals surface area contributed by atoms with Gasteiger partial charge in [-0.25, -0.2) is 0 Å². The maximum absolute atomic E-state index is 11.3. The predicted octanol–water partition coefficient (Wildman–Crippen LogP) is 1.28. The zero-order chi connectivity index (χ0) is 12.0. The van der Waals surface area contributed by atoms with Gasteiger partial charge in [0.25, 0.3) is 0 Å². The first-order chi connectivity index (χ1) is 8.13. The predicted molar refractivity (Wildman–Crippen MR) is 57.6 cm³/mol. The van der Waals surface area contributed by atoms with Crippen molar-refractivity contribution in [1.29, 1.82) is 0 Å². The smallest absolute Gasteiger partial charge is 0.314 e. The van der Waals surface area contributed by atoms with Gasteiger partial charge >= 0.3 is 5.97 Å². The molecule has 5 heteroatoms. The number of hydrogen-bond donors (Lipinski definition) is 2. The molecule has 1 fully saturated rings. The van der Waals surface area contributed by atoms with Crippen LogP contribution in [0.25, 0.3) is 0 Å². The lowest BCUT2D eigenvalue weighted by Gasteiger charge is -2.23. The maximum atomic E-state index is 11.3. The molecule has 0 saturated heterocycles. The van der Waals surface area contributed by atoms with Crippen molar-refractivity contribution < 1.29 is 24.5 Å². The van der Waals surface area contributed by atoms with Gasteiger partial charge in [-0.3, -0.25) is 4.79 Å². The van der Waals surface area contributed by atoms with Crippen LogP contribution >= 0.6 is 0 Å². The van der Waals surface area contributed by atoms with Crippen molar-refractivity contribution in [3.63, 3.8) is 0 Å². The van der Waals surface area contributed by atoms with E-state index < -0.39 is 11.4 Å². The first-order valence-electron chi connectivity index (χ1n) is 5.50. The molecule has 3 rings (SSSR count). The second kappa shape index (κ2) is 3.29. The Morgan fingerprint density at radius 2 is 1.94 bits per heavy atom. The number of hydrogen-bond acceptors (Lipinski definition) is 4. The molecule has 1 aromatic carbocycles. The molecule has 0 amide bonds. The third-order valence-electron chi connectivity index (χ3n) is 3.30. The molecule has 17 heavy (non-hydrogen) atoms. The van der Waals surface area contributed by atoms with E-state index in [1.165, 1.54) is 12.1 Å². The van der Waals surface area contributed by atoms with Crippen molar-refractivity contribution in [1.82, 2.24) is 0 Å². The van der Waals surface area contributed by atoms with Crippen LogP contribution in [-0.4, -0.2) is 29.4 Å². The standard InChI is InChI=1S/C12H12O5/c13-7-5-8(12(1-2-12)11(14)15)10-9(6-7)16-3-4-17-10/h5-6,13H,1-4H2,(H,14,15). The molecule has 0 bridgehead atoms. The van der Waals surface area contributed by atoms with E-state index >= 15 is 0 Å². The summed E-state index contributed by atoms with van der Waals surface area (Å²) >= 11 is 0. The summed E-state index contributed by atoms with van der Waals surface area (Å²) in [4.78, 5) is 11.3. The van der Waals surface area contributed by atoms with Crippen molar-refractivity contribution in [3.05, 3.63) is 17.7 Å². The molecule has 1 aromatic rings. The number of carbonyl (C=O) groups is 1. The number of ether oxygens (including phenoxy) is 2. The number of aliphatic carboxylic acids is 1. The summed E-state index contributed by atoms with van der Waals surface area (Å²) in [5.74, 6) is 0.0315. The normalized spacial score (nSPS) is 19.8. The van der Waals surface area contributed by atoms with Gasteiger partial charge in [-0.15, -0.1) is 0 Å². The molecular weight excluding hydrogens is 224 g/mol. The number of carboxylic acids is 1. The van der Waals surface area contributed by atoms with Crippen LogP contribution in [0.15, 0.2) is 12.1 Å². The highest BCUT2D eigenvalue weighted by atomic mass is 16.6. The fraction of sp³-hybridized carbons (Fsp3) is 0.417. The van der Waals surface area contributed by atoms with Crippen LogP contribution in [0, 0.1) is 0 Å². The van der Waals surface area contributed by atoms with E-state index in [0.29, 0.717) is 43.1 Å². The summed E-state index contributed by atoms with van der Waals surface area (Å²) in [6, 6.07) is 2.92. The van der Waals surface area contributed by atoms with Gasteiger partial charge in [-0.05, 0) is 18.9 Å². The average Bonchev–Trinajstić information content (AvgIpc) is 3.09. The molecule has 0 spiro atoms. The van der Waals surface area contributed by atoms with Crippen molar-refractivity contribution in [2.24, 2.45) is 0 Å². The number of benzene rings is 1. The highest BCUT2D eigenvalue weighted by Crippen LogP contribution is 2.55. The van der Waals surface area contributed by atoms with Crippen molar-refractivity contribution in [2.45, 2.75) is 18.3 Å². The van der Waals surface area contributed by atoms with Crippen molar-refractivity contribution >= 4 is 5.97 Å². The van der Waals surface area contributed by atoms with Gasteiger partial charge < -0.3 is 19.7 Å². The first-order valence-corrected chi connectivity index (χ1v) is 5.50. The Balaban J connectivity index is 2.16. The van der Waals surface area contributed by atoms with E-state index in [0.717, 1.165) is 0 Å². The minimum atomic E-state index is -0.899. The summed E-state index contributed by atoms with van der Waals surface area (Å²) in [7, 11) is 0. The van der Waals surface area contributed by atoms with Gasteiger partial charge in [0.05, 0.1) is 5.41 Å². The molecule has 1 aliphatic carbocycles. The van der Waals surface area contributed by atoms with Crippen molar-refractivity contribution in [2.75, 3.05) is 13.2 Å². The fourth-order valence-corrected chi connectivity index (χ4v) is 2.22. The third-order valence-corrected chi connectivity index (χ3v) is 3.30. The average molecular weight is 236 g/mol. The Morgan fingerprint density at radius 1 is 1.24 bits per heavy atom. The van der Waals surface area contributed by atoms with Crippen LogP contribution in [0.3, 0.4) is 0 Å². The third kappa shape index (κ3) is 1.42. The molecule has 1 aliphatic heterocycles. The summed E-state index contributed by atoms with van der Waals surface area (Å²) in [5, 5.41) is 18.9. The SMILES string of the molecule is O=C(O)C1(c2cc(O)cc3c2OCCO3)CC1. The van der Waals surface area contributed by atoms with E-state index in [4.69, 9.17) is 9.47 Å². The Bertz CT molecular complexity index is 490. The number of carboxylic acid groups (broad SMARTS) is 1. The summed E-state index contributed by atoms with van der Waals surface area (Å²) in [6.45, 7) is 0.816. The molecule has 2 N–H and O–H groups in total. The van der Waals surface area contributed by atoms with E-state index in [9.17, 15) is 15.0 Å². The Kier molecular flexibility index (Phi) is 1.98. The van der Waals surface area contributed by atoms with E-state index in [1.807, 2.05) is 0 Å². The van der Waals surface area contributed by atoms with E-state index in [1.54, 1.807) is 0 Å². The second-order valence-electron chi connectivity index (χ2n) is 4.40. The Labute approximate surface area is 97.6 Å². The van der Waals surface area contributed by atoms with Crippen LogP contribution < -0.4 is 9.47 Å². The minimum Gasteiger partial charge on any atom is -0.508 e. The lowest BCUT2D eigenvalue weighted by atomic mass is 9.94. The van der Waals surface area contributed by atoms with Gasteiger partial charge in [-0.1, -0.05) is 0 Å². The summed E-state index contributed by atoms with van der Waals surface area (Å²) in [5.41, 5.74) is -0.372. The van der Waals surface area contributed by atoms with Gasteiger partial charge in [0.2, 0.25) is 0 Å². The molecule has 5 nitrogen and oxygen atoms in total. The van der Waals surface area contributed by atoms with E-state index in [-0.39, 0.29) is 5.75 Å². The topological polar surface area (TPSA) is 76.0 Å². The van der Waals surface area contributed by atoms with Crippen LogP contribution in [0.5, 0.6) is 17.2 Å². The number of phenols is 1. The highest BCUT2D eigenvalue weighted by Gasteiger charge is 2.54. The molecule has 0 unspecified atom stereocenters. The lowest BCUT2D eigenvalue weighted by molar-refractivity contribution is -0.140. The van der Waals surface area contributed by atoms with E-state index in [2.05, 4.69) is 0 Å². The quantitative estimate of drug-likeness (QED) is 0.808. The highest BCUT2D eigenvalue weighted by molar-refractivity contribution is 5.86. The molecule has 0 radical (unpaired) electrons. The number of rotatable bonds is 2. The zero-order valence-electron chi connectivity index (χ0n) is 9.10. The van der Waals surface area contributed by atoms with Crippen LogP contribution in [0.1, 0.15) is 18.4 Å². The molecule has 1 heterocycles. The largest absolute Gasteiger partial charge is 0.508 e. The molecule has 0 aromatic heterocycles. The lowest BCUT2D eigenvalue weighted by Crippen LogP contribution is -2.23. The van der Waals surface area contributed by atoms with Gasteiger partial charge in [-0.2, -0.15) is 0 Å². The first kappa shape index (κ1) is 10.3. The molecule has 0 atom stereocenters. The van der Waals surface area contributed by atoms with Crippen LogP contribution in [0.4, 0.5) is 0 Å². The van der Waals surface area contributed by atoms with Gasteiger partial charge in [0.15, 0.2) is 11.5 Å². The molecule has 1 saturated carbocycles. The monoisotopic (exact) mass is 236 g/mol. The Hall–Kier alpha value is -1.91. The van der Waals surface area contributed by atoms with Gasteiger partial charge in [0, 0.05) is 11.6 Å². The number of fused-ring (bicyclic) bond motifs is 1. The minimum absolute atomic E-state index is 0.0109. The van der Waals surface area contributed by atoms with Crippen LogP contribution in [-0.2, 0) is 10.2 Å². The summed E-state index contributed by atoms with van der Waals surface area (Å²) < 4.78 is 10.9. The second-order valence-corrected chi connectivity index (χ2v) is 4.40. The Morgan fingerprint density at radius 3 is 2.59 bits per heavy atom. The summed E-state index contributed by atoms with van der Waals surface area (Å²) in [6.07, 6.45) is 1.14. The van der Waals surface area contributed by atoms with Gasteiger partial charge in [0.1, 0.15) is 19.0 Å².